The molecular weight excluding hydrogens is 249 g/mol. The minimum atomic E-state index is -0.698. The maximum absolute atomic E-state index is 12.9. The van der Waals surface area contributed by atoms with E-state index in [-0.39, 0.29) is 11.7 Å². The van der Waals surface area contributed by atoms with Crippen molar-refractivity contribution in [1.29, 1.82) is 0 Å². The van der Waals surface area contributed by atoms with Gasteiger partial charge in [0.2, 0.25) is 0 Å². The Hall–Kier alpha value is -1.62. The molecule has 1 aromatic carbocycles. The lowest BCUT2D eigenvalue weighted by atomic mass is 9.97. The van der Waals surface area contributed by atoms with Crippen molar-refractivity contribution in [2.24, 2.45) is 5.92 Å². The zero-order valence-corrected chi connectivity index (χ0v) is 10.7. The second-order valence-corrected chi connectivity index (χ2v) is 4.76. The third-order valence-electron chi connectivity index (χ3n) is 3.41. The Bertz CT molecular complexity index is 430. The molecule has 0 spiro atoms. The molecule has 0 unspecified atom stereocenters. The van der Waals surface area contributed by atoms with Crippen LogP contribution >= 0.6 is 0 Å². The predicted molar refractivity (Wildman–Crippen MR) is 68.7 cm³/mol. The number of carbonyl (C=O) groups is 1. The van der Waals surface area contributed by atoms with E-state index in [2.05, 4.69) is 4.90 Å². The van der Waals surface area contributed by atoms with E-state index in [1.54, 1.807) is 12.1 Å². The highest BCUT2D eigenvalue weighted by atomic mass is 19.1. The molecular formula is C14H18FNO3. The first-order valence-corrected chi connectivity index (χ1v) is 6.48. The fourth-order valence-electron chi connectivity index (χ4n) is 2.25. The Labute approximate surface area is 111 Å². The molecule has 5 heteroatoms. The van der Waals surface area contributed by atoms with Crippen LogP contribution in [0.15, 0.2) is 24.3 Å². The molecule has 0 radical (unpaired) electrons. The molecule has 1 aliphatic heterocycles. The van der Waals surface area contributed by atoms with Crippen molar-refractivity contribution in [2.45, 2.75) is 12.8 Å². The first-order valence-electron chi connectivity index (χ1n) is 6.48. The lowest BCUT2D eigenvalue weighted by molar-refractivity contribution is -0.143. The highest BCUT2D eigenvalue weighted by Gasteiger charge is 2.23. The molecule has 104 valence electrons. The van der Waals surface area contributed by atoms with Crippen molar-refractivity contribution in [1.82, 2.24) is 4.90 Å². The maximum atomic E-state index is 12.9. The molecule has 0 bridgehead atoms. The summed E-state index contributed by atoms with van der Waals surface area (Å²) < 4.78 is 18.4. The number of likely N-dealkylation sites (tertiary alicyclic amines) is 1. The van der Waals surface area contributed by atoms with Gasteiger partial charge < -0.3 is 9.84 Å². The smallest absolute Gasteiger partial charge is 0.306 e. The van der Waals surface area contributed by atoms with Crippen molar-refractivity contribution < 1.29 is 19.0 Å². The van der Waals surface area contributed by atoms with Gasteiger partial charge in [0.05, 0.1) is 5.92 Å². The van der Waals surface area contributed by atoms with E-state index >= 15 is 0 Å². The number of halogens is 1. The average Bonchev–Trinajstić information content (AvgIpc) is 2.39. The number of rotatable bonds is 5. The van der Waals surface area contributed by atoms with Gasteiger partial charge in [-0.1, -0.05) is 6.07 Å². The number of carboxylic acid groups (broad SMARTS) is 1. The van der Waals surface area contributed by atoms with Crippen LogP contribution in [0.3, 0.4) is 0 Å². The Morgan fingerprint density at radius 2 is 2.16 bits per heavy atom. The van der Waals surface area contributed by atoms with Crippen molar-refractivity contribution in [3.63, 3.8) is 0 Å². The van der Waals surface area contributed by atoms with Crippen LogP contribution in [0.1, 0.15) is 12.8 Å². The van der Waals surface area contributed by atoms with Gasteiger partial charge in [-0.05, 0) is 38.1 Å². The third-order valence-corrected chi connectivity index (χ3v) is 3.41. The second-order valence-electron chi connectivity index (χ2n) is 4.76. The summed E-state index contributed by atoms with van der Waals surface area (Å²) in [5.41, 5.74) is 0. The molecule has 19 heavy (non-hydrogen) atoms. The van der Waals surface area contributed by atoms with Crippen LogP contribution in [0.2, 0.25) is 0 Å². The first kappa shape index (κ1) is 13.8. The fourth-order valence-corrected chi connectivity index (χ4v) is 2.25. The van der Waals surface area contributed by atoms with Gasteiger partial charge in [-0.15, -0.1) is 0 Å². The molecule has 1 N–H and O–H groups in total. The Balaban J connectivity index is 1.68. The number of piperidine rings is 1. The van der Waals surface area contributed by atoms with E-state index in [1.165, 1.54) is 12.1 Å². The first-order chi connectivity index (χ1) is 9.15. The number of benzene rings is 1. The minimum Gasteiger partial charge on any atom is -0.492 e. The normalized spacial score (nSPS) is 17.3. The highest BCUT2D eigenvalue weighted by Crippen LogP contribution is 2.17. The van der Waals surface area contributed by atoms with Crippen LogP contribution in [-0.4, -0.2) is 42.2 Å². The van der Waals surface area contributed by atoms with Crippen molar-refractivity contribution >= 4 is 5.97 Å². The molecule has 1 heterocycles. The Morgan fingerprint density at radius 1 is 1.42 bits per heavy atom. The second kappa shape index (κ2) is 6.52. The van der Waals surface area contributed by atoms with Crippen LogP contribution in [0, 0.1) is 11.7 Å². The average molecular weight is 267 g/mol. The summed E-state index contributed by atoms with van der Waals surface area (Å²) in [5.74, 6) is -0.684. The molecule has 1 aliphatic rings. The molecule has 0 amide bonds. The van der Waals surface area contributed by atoms with Gasteiger partial charge in [0.15, 0.2) is 0 Å². The SMILES string of the molecule is O=C(O)C1CCN(CCOc2cccc(F)c2)CC1. The fraction of sp³-hybridized carbons (Fsp3) is 0.500. The van der Waals surface area contributed by atoms with Gasteiger partial charge in [-0.3, -0.25) is 9.69 Å². The zero-order valence-electron chi connectivity index (χ0n) is 10.7. The lowest BCUT2D eigenvalue weighted by Gasteiger charge is -2.29. The van der Waals surface area contributed by atoms with Gasteiger partial charge in [0.25, 0.3) is 0 Å². The number of nitrogens with zero attached hydrogens (tertiary/aromatic N) is 1. The van der Waals surface area contributed by atoms with Crippen LogP contribution in [0.25, 0.3) is 0 Å². The quantitative estimate of drug-likeness (QED) is 0.886. The van der Waals surface area contributed by atoms with E-state index in [4.69, 9.17) is 9.84 Å². The topological polar surface area (TPSA) is 49.8 Å². The van der Waals surface area contributed by atoms with Crippen molar-refractivity contribution in [3.8, 4) is 5.75 Å². The Kier molecular flexibility index (Phi) is 4.74. The number of hydrogen-bond acceptors (Lipinski definition) is 3. The van der Waals surface area contributed by atoms with Crippen molar-refractivity contribution in [3.05, 3.63) is 30.1 Å². The zero-order chi connectivity index (χ0) is 13.7. The summed E-state index contributed by atoms with van der Waals surface area (Å²) >= 11 is 0. The Morgan fingerprint density at radius 3 is 2.79 bits per heavy atom. The summed E-state index contributed by atoms with van der Waals surface area (Å²) in [5, 5.41) is 8.90. The predicted octanol–water partition coefficient (Wildman–Crippen LogP) is 2.00. The van der Waals surface area contributed by atoms with Gasteiger partial charge in [-0.25, -0.2) is 4.39 Å². The number of aliphatic carboxylic acids is 1. The summed E-state index contributed by atoms with van der Waals surface area (Å²) in [6, 6.07) is 6.07. The molecule has 0 aromatic heterocycles. The van der Waals surface area contributed by atoms with E-state index in [9.17, 15) is 9.18 Å². The van der Waals surface area contributed by atoms with E-state index < -0.39 is 5.97 Å². The standard InChI is InChI=1S/C14H18FNO3/c15-12-2-1-3-13(10-12)19-9-8-16-6-4-11(5-7-16)14(17)18/h1-3,10-11H,4-9H2,(H,17,18). The third kappa shape index (κ3) is 4.21. The summed E-state index contributed by atoms with van der Waals surface area (Å²) in [7, 11) is 0. The van der Waals surface area contributed by atoms with Gasteiger partial charge >= 0.3 is 5.97 Å². The lowest BCUT2D eigenvalue weighted by Crippen LogP contribution is -2.38. The highest BCUT2D eigenvalue weighted by molar-refractivity contribution is 5.70. The van der Waals surface area contributed by atoms with Crippen LogP contribution in [0.5, 0.6) is 5.75 Å². The molecule has 0 atom stereocenters. The maximum Gasteiger partial charge on any atom is 0.306 e. The number of carboxylic acids is 1. The number of hydrogen-bond donors (Lipinski definition) is 1. The summed E-state index contributed by atoms with van der Waals surface area (Å²) in [6.45, 7) is 2.79. The number of ether oxygens (including phenoxy) is 1. The van der Waals surface area contributed by atoms with Gasteiger partial charge in [0, 0.05) is 12.6 Å². The summed E-state index contributed by atoms with van der Waals surface area (Å²) in [4.78, 5) is 13.0. The molecule has 4 nitrogen and oxygen atoms in total. The largest absolute Gasteiger partial charge is 0.492 e. The molecule has 0 aliphatic carbocycles. The van der Waals surface area contributed by atoms with Gasteiger partial charge in [-0.2, -0.15) is 0 Å². The van der Waals surface area contributed by atoms with Crippen LogP contribution < -0.4 is 4.74 Å². The van der Waals surface area contributed by atoms with Crippen LogP contribution in [0.4, 0.5) is 4.39 Å². The molecule has 1 saturated heterocycles. The monoisotopic (exact) mass is 267 g/mol. The molecule has 1 aromatic rings. The van der Waals surface area contributed by atoms with Crippen molar-refractivity contribution in [2.75, 3.05) is 26.2 Å². The van der Waals surface area contributed by atoms with E-state index in [1.807, 2.05) is 0 Å². The molecule has 1 fully saturated rings. The van der Waals surface area contributed by atoms with Gasteiger partial charge in [0.1, 0.15) is 18.2 Å². The van der Waals surface area contributed by atoms with E-state index in [0.717, 1.165) is 19.6 Å². The minimum absolute atomic E-state index is 0.208. The summed E-state index contributed by atoms with van der Waals surface area (Å²) in [6.07, 6.45) is 1.38. The molecule has 0 saturated carbocycles. The molecule has 2 rings (SSSR count). The van der Waals surface area contributed by atoms with E-state index in [0.29, 0.717) is 25.2 Å². The van der Waals surface area contributed by atoms with Crippen LogP contribution in [-0.2, 0) is 4.79 Å².